The summed E-state index contributed by atoms with van der Waals surface area (Å²) < 4.78 is 20.1. The average molecular weight is 386 g/mol. The Labute approximate surface area is 123 Å². The van der Waals surface area contributed by atoms with Crippen LogP contribution in [0.5, 0.6) is 0 Å². The van der Waals surface area contributed by atoms with Gasteiger partial charge in [-0.2, -0.15) is 13.9 Å². The van der Waals surface area contributed by atoms with Gasteiger partial charge in [-0.1, -0.05) is 18.2 Å². The summed E-state index contributed by atoms with van der Waals surface area (Å²) in [5, 5.41) is 2.70. The molecular formula is C6H7Cl4N4OP3. The second-order valence-electron chi connectivity index (χ2n) is 3.27. The summed E-state index contributed by atoms with van der Waals surface area (Å²) in [6.45, 7) is 0. The van der Waals surface area contributed by atoms with Gasteiger partial charge in [-0.25, -0.2) is 0 Å². The van der Waals surface area contributed by atoms with Gasteiger partial charge in [-0.15, -0.1) is 0 Å². The molecule has 0 amide bonds. The van der Waals surface area contributed by atoms with E-state index in [1.54, 1.807) is 24.3 Å². The number of rotatable bonds is 2. The van der Waals surface area contributed by atoms with Crippen LogP contribution in [0.25, 0.3) is 0 Å². The van der Waals surface area contributed by atoms with Gasteiger partial charge in [0.2, 0.25) is 5.91 Å². The molecule has 0 fully saturated rings. The Morgan fingerprint density at radius 1 is 1.06 bits per heavy atom. The first-order chi connectivity index (χ1) is 8.20. The molecule has 1 atom stereocenters. The lowest BCUT2D eigenvalue weighted by Crippen LogP contribution is -2.09. The zero-order valence-electron chi connectivity index (χ0n) is 8.54. The number of nitrogens with one attached hydrogen (secondary N) is 2. The van der Waals surface area contributed by atoms with E-state index in [4.69, 9.17) is 45.0 Å². The second-order valence-corrected chi connectivity index (χ2v) is 15.6. The third-order valence-corrected chi connectivity index (χ3v) is 13.0. The van der Waals surface area contributed by atoms with Crippen LogP contribution >= 0.6 is 64.4 Å². The van der Waals surface area contributed by atoms with Crippen molar-refractivity contribution in [2.24, 2.45) is 9.03 Å². The maximum absolute atomic E-state index is 12.5. The molecule has 0 aliphatic carbocycles. The van der Waals surface area contributed by atoms with Crippen molar-refractivity contribution in [3.63, 3.8) is 0 Å². The van der Waals surface area contributed by atoms with Crippen molar-refractivity contribution < 1.29 is 4.57 Å². The average Bonchev–Trinajstić information content (AvgIpc) is 2.11. The van der Waals surface area contributed by atoms with E-state index < -0.39 is 19.4 Å². The van der Waals surface area contributed by atoms with Crippen LogP contribution in [0.3, 0.4) is 0 Å². The minimum absolute atomic E-state index is 0.584. The Hall–Kier alpha value is 0.830. The number of hydrogen-bond donors (Lipinski definition) is 2. The van der Waals surface area contributed by atoms with Gasteiger partial charge >= 0.3 is 7.59 Å². The van der Waals surface area contributed by atoms with E-state index in [9.17, 15) is 4.57 Å². The van der Waals surface area contributed by atoms with Crippen molar-refractivity contribution in [1.29, 1.82) is 0 Å². The Kier molecular flexibility index (Phi) is 4.49. The maximum atomic E-state index is 12.5. The predicted molar refractivity (Wildman–Crippen MR) is 82.9 cm³/mol. The summed E-state index contributed by atoms with van der Waals surface area (Å²) in [4.78, 5) is 2.49. The van der Waals surface area contributed by atoms with E-state index in [-0.39, 0.29) is 0 Å². The van der Waals surface area contributed by atoms with Crippen LogP contribution in [-0.2, 0) is 4.57 Å². The van der Waals surface area contributed by atoms with Crippen LogP contribution in [0.2, 0.25) is 0 Å². The number of para-hydroxylation sites is 1. The van der Waals surface area contributed by atoms with Gasteiger partial charge in [0.15, 0.2) is 0 Å². The van der Waals surface area contributed by atoms with Gasteiger partial charge in [0.1, 0.15) is 0 Å². The van der Waals surface area contributed by atoms with Gasteiger partial charge < -0.3 is 5.09 Å². The van der Waals surface area contributed by atoms with Gasteiger partial charge in [0.25, 0.3) is 5.91 Å². The van der Waals surface area contributed by atoms with Crippen LogP contribution in [0, 0.1) is 0 Å². The van der Waals surface area contributed by atoms with E-state index in [2.05, 4.69) is 19.0 Å². The summed E-state index contributed by atoms with van der Waals surface area (Å²) in [5.41, 5.74) is 0.584. The topological polar surface area (TPSA) is 65.8 Å². The highest BCUT2D eigenvalue weighted by atomic mass is 35.9. The fourth-order valence-electron chi connectivity index (χ4n) is 1.24. The van der Waals surface area contributed by atoms with Crippen molar-refractivity contribution in [1.82, 2.24) is 4.86 Å². The highest BCUT2D eigenvalue weighted by Crippen LogP contribution is 2.81. The Morgan fingerprint density at radius 2 is 1.67 bits per heavy atom. The molecule has 0 aromatic heterocycles. The molecule has 2 N–H and O–H groups in total. The molecule has 1 heterocycles. The summed E-state index contributed by atoms with van der Waals surface area (Å²) >= 11 is 23.5. The van der Waals surface area contributed by atoms with E-state index in [1.165, 1.54) is 0 Å². The first kappa shape index (κ1) is 15.2. The molecule has 0 saturated heterocycles. The zero-order chi connectivity index (χ0) is 13.4. The fourth-order valence-corrected chi connectivity index (χ4v) is 15.6. The van der Waals surface area contributed by atoms with Gasteiger partial charge in [-0.05, 0) is 57.1 Å². The van der Waals surface area contributed by atoms with E-state index in [0.717, 1.165) is 0 Å². The molecule has 0 radical (unpaired) electrons. The lowest BCUT2D eigenvalue weighted by atomic mass is 10.3. The smallest absolute Gasteiger partial charge is 0.307 e. The predicted octanol–water partition coefficient (Wildman–Crippen LogP) is 6.66. The normalized spacial score (nSPS) is 28.9. The Balaban J connectivity index is 2.37. The Morgan fingerprint density at radius 3 is 2.22 bits per heavy atom. The van der Waals surface area contributed by atoms with E-state index in [1.807, 2.05) is 6.07 Å². The number of anilines is 1. The molecule has 1 unspecified atom stereocenters. The summed E-state index contributed by atoms with van der Waals surface area (Å²) in [7, 11) is -3.48. The summed E-state index contributed by atoms with van der Waals surface area (Å²) in [5.74, 6) is -6.16. The lowest BCUT2D eigenvalue weighted by molar-refractivity contribution is 0.578. The first-order valence-electron chi connectivity index (χ1n) is 4.49. The van der Waals surface area contributed by atoms with Crippen molar-refractivity contribution in [2.45, 2.75) is 0 Å². The largest absolute Gasteiger partial charge is 0.357 e. The molecule has 0 bridgehead atoms. The third-order valence-electron chi connectivity index (χ3n) is 1.76. The highest BCUT2D eigenvalue weighted by molar-refractivity contribution is 8.21. The van der Waals surface area contributed by atoms with Crippen LogP contribution in [0.15, 0.2) is 39.4 Å². The molecule has 12 heteroatoms. The molecule has 1 aromatic carbocycles. The molecule has 1 aromatic rings. The van der Waals surface area contributed by atoms with Gasteiger partial charge in [0, 0.05) is 5.69 Å². The maximum Gasteiger partial charge on any atom is 0.357 e. The zero-order valence-corrected chi connectivity index (χ0v) is 14.2. The summed E-state index contributed by atoms with van der Waals surface area (Å²) in [6, 6.07) is 8.80. The molecular weight excluding hydrogens is 379 g/mol. The Bertz CT molecular complexity index is 609. The van der Waals surface area contributed by atoms with Crippen LogP contribution < -0.4 is 9.95 Å². The molecule has 0 saturated carbocycles. The van der Waals surface area contributed by atoms with Gasteiger partial charge in [0.05, 0.1) is 0 Å². The standard InChI is InChI=1S/C6H7Cl4N4OP3/c7-16(8)12-17(9,10)14-18(15,13-16)11-6-4-2-1-3-5-6/h1-5H,(H2,11,13,15). The quantitative estimate of drug-likeness (QED) is 0.559. The molecule has 2 rings (SSSR count). The third kappa shape index (κ3) is 4.16. The number of hydrogen-bond acceptors (Lipinski definition) is 2. The van der Waals surface area contributed by atoms with Crippen molar-refractivity contribution >= 4 is 70.1 Å². The molecule has 0 spiro atoms. The monoisotopic (exact) mass is 384 g/mol. The first-order valence-corrected chi connectivity index (χ1v) is 13.2. The van der Waals surface area contributed by atoms with E-state index >= 15 is 0 Å². The van der Waals surface area contributed by atoms with Crippen molar-refractivity contribution in [3.8, 4) is 0 Å². The SMILES string of the molecule is O=P1(Nc2ccccc2)N=P(Cl)(Cl)N=P(Cl)(Cl)N1. The van der Waals surface area contributed by atoms with Crippen molar-refractivity contribution in [3.05, 3.63) is 30.3 Å². The molecule has 1 aliphatic heterocycles. The van der Waals surface area contributed by atoms with Crippen LogP contribution in [0.1, 0.15) is 0 Å². The fraction of sp³-hybridized carbons (Fsp3) is 0. The van der Waals surface area contributed by atoms with Crippen molar-refractivity contribution in [2.75, 3.05) is 5.09 Å². The highest BCUT2D eigenvalue weighted by Gasteiger charge is 2.37. The van der Waals surface area contributed by atoms with Crippen LogP contribution in [0.4, 0.5) is 5.69 Å². The minimum atomic E-state index is -3.48. The molecule has 5 nitrogen and oxygen atoms in total. The minimum Gasteiger partial charge on any atom is -0.307 e. The second kappa shape index (κ2) is 5.31. The number of halogens is 4. The molecule has 1 aliphatic rings. The molecule has 100 valence electrons. The molecule has 18 heavy (non-hydrogen) atoms. The number of benzene rings is 1. The van der Waals surface area contributed by atoms with Crippen LogP contribution in [-0.4, -0.2) is 0 Å². The van der Waals surface area contributed by atoms with Gasteiger partial charge in [-0.3, -0.25) is 4.57 Å². The lowest BCUT2D eigenvalue weighted by Gasteiger charge is -2.25. The number of nitrogens with zero attached hydrogens (tertiary/aromatic N) is 2. The van der Waals surface area contributed by atoms with E-state index in [0.29, 0.717) is 5.69 Å². The summed E-state index contributed by atoms with van der Waals surface area (Å²) in [6.07, 6.45) is 0.